The molecular formula is C6H10O3. The number of hydrogen-bond donors (Lipinski definition) is 0. The van der Waals surface area contributed by atoms with E-state index < -0.39 is 5.79 Å². The van der Waals surface area contributed by atoms with E-state index in [4.69, 9.17) is 9.62 Å². The monoisotopic (exact) mass is 130 g/mol. The van der Waals surface area contributed by atoms with Crippen LogP contribution in [-0.4, -0.2) is 19.5 Å². The molecule has 0 amide bonds. The maximum absolute atomic E-state index is 4.98. The number of hydrogen-bond acceptors (Lipinski definition) is 3. The van der Waals surface area contributed by atoms with Crippen molar-refractivity contribution < 1.29 is 14.5 Å². The van der Waals surface area contributed by atoms with E-state index in [2.05, 4.69) is 11.5 Å². The van der Waals surface area contributed by atoms with Gasteiger partial charge in [0.1, 0.15) is 0 Å². The molecule has 1 heterocycles. The lowest BCUT2D eigenvalue weighted by Crippen LogP contribution is -2.26. The van der Waals surface area contributed by atoms with Crippen molar-refractivity contribution in [2.45, 2.75) is 12.2 Å². The average molecular weight is 130 g/mol. The SMILES string of the molecule is C=CC1(OC)CCOO1. The smallest absolute Gasteiger partial charge is 0.222 e. The molecule has 1 unspecified atom stereocenters. The van der Waals surface area contributed by atoms with Crippen LogP contribution in [0.15, 0.2) is 12.7 Å². The van der Waals surface area contributed by atoms with Gasteiger partial charge in [-0.15, -0.1) is 0 Å². The molecule has 3 nitrogen and oxygen atoms in total. The minimum Gasteiger partial charge on any atom is -0.348 e. The molecule has 0 aliphatic carbocycles. The van der Waals surface area contributed by atoms with Gasteiger partial charge in [-0.2, -0.15) is 4.89 Å². The van der Waals surface area contributed by atoms with Crippen molar-refractivity contribution in [3.8, 4) is 0 Å². The highest BCUT2D eigenvalue weighted by molar-refractivity contribution is 4.89. The summed E-state index contributed by atoms with van der Waals surface area (Å²) in [5.74, 6) is -0.681. The minimum absolute atomic E-state index is 0.569. The highest BCUT2D eigenvalue weighted by Crippen LogP contribution is 2.24. The zero-order chi connectivity index (χ0) is 6.74. The Morgan fingerprint density at radius 1 is 1.78 bits per heavy atom. The fourth-order valence-electron chi connectivity index (χ4n) is 0.723. The van der Waals surface area contributed by atoms with Crippen LogP contribution in [0.4, 0.5) is 0 Å². The second kappa shape index (κ2) is 2.47. The first-order valence-corrected chi connectivity index (χ1v) is 2.82. The summed E-state index contributed by atoms with van der Waals surface area (Å²) in [6, 6.07) is 0. The molecule has 1 atom stereocenters. The van der Waals surface area contributed by atoms with Gasteiger partial charge in [0.05, 0.1) is 6.61 Å². The standard InChI is InChI=1S/C6H10O3/c1-3-6(7-2)4-5-8-9-6/h3H,1,4-5H2,2H3. The highest BCUT2D eigenvalue weighted by atomic mass is 17.2. The Morgan fingerprint density at radius 2 is 2.56 bits per heavy atom. The molecule has 1 rings (SSSR count). The number of rotatable bonds is 2. The Hall–Kier alpha value is -0.380. The maximum atomic E-state index is 4.98. The molecule has 0 saturated carbocycles. The molecular weight excluding hydrogens is 120 g/mol. The Bertz CT molecular complexity index is 105. The zero-order valence-corrected chi connectivity index (χ0v) is 5.42. The summed E-state index contributed by atoms with van der Waals surface area (Å²) in [6.07, 6.45) is 2.31. The second-order valence-corrected chi connectivity index (χ2v) is 1.88. The molecule has 0 spiro atoms. The molecule has 0 aromatic rings. The summed E-state index contributed by atoms with van der Waals surface area (Å²) in [7, 11) is 1.57. The lowest BCUT2D eigenvalue weighted by molar-refractivity contribution is -0.355. The van der Waals surface area contributed by atoms with Crippen LogP contribution in [-0.2, 0) is 14.5 Å². The molecule has 1 saturated heterocycles. The largest absolute Gasteiger partial charge is 0.348 e. The topological polar surface area (TPSA) is 27.7 Å². The van der Waals surface area contributed by atoms with Gasteiger partial charge in [0.25, 0.3) is 0 Å². The van der Waals surface area contributed by atoms with E-state index in [1.165, 1.54) is 0 Å². The van der Waals surface area contributed by atoms with Crippen LogP contribution in [0.2, 0.25) is 0 Å². The average Bonchev–Trinajstić information content (AvgIpc) is 2.36. The van der Waals surface area contributed by atoms with Crippen molar-refractivity contribution in [1.82, 2.24) is 0 Å². The third-order valence-corrected chi connectivity index (χ3v) is 1.39. The fourth-order valence-corrected chi connectivity index (χ4v) is 0.723. The summed E-state index contributed by atoms with van der Waals surface area (Å²) < 4.78 is 4.98. The van der Waals surface area contributed by atoms with Gasteiger partial charge < -0.3 is 4.74 Å². The molecule has 0 aromatic heterocycles. The molecule has 0 radical (unpaired) electrons. The van der Waals surface area contributed by atoms with E-state index in [-0.39, 0.29) is 0 Å². The first-order chi connectivity index (χ1) is 4.33. The number of ether oxygens (including phenoxy) is 1. The van der Waals surface area contributed by atoms with Gasteiger partial charge >= 0.3 is 0 Å². The third kappa shape index (κ3) is 1.13. The fraction of sp³-hybridized carbons (Fsp3) is 0.667. The molecule has 1 aliphatic heterocycles. The quantitative estimate of drug-likeness (QED) is 0.410. The normalized spacial score (nSPS) is 34.8. The van der Waals surface area contributed by atoms with Crippen LogP contribution in [0, 0.1) is 0 Å². The summed E-state index contributed by atoms with van der Waals surface area (Å²) in [5, 5.41) is 0. The first-order valence-electron chi connectivity index (χ1n) is 2.82. The van der Waals surface area contributed by atoms with E-state index in [1.807, 2.05) is 0 Å². The Balaban J connectivity index is 2.55. The van der Waals surface area contributed by atoms with Crippen molar-refractivity contribution >= 4 is 0 Å². The van der Waals surface area contributed by atoms with Crippen LogP contribution in [0.1, 0.15) is 6.42 Å². The Kier molecular flexibility index (Phi) is 1.85. The Morgan fingerprint density at radius 3 is 2.78 bits per heavy atom. The molecule has 0 aromatic carbocycles. The maximum Gasteiger partial charge on any atom is 0.222 e. The molecule has 0 N–H and O–H groups in total. The van der Waals surface area contributed by atoms with Crippen LogP contribution < -0.4 is 0 Å². The third-order valence-electron chi connectivity index (χ3n) is 1.39. The molecule has 0 bridgehead atoms. The van der Waals surface area contributed by atoms with Crippen LogP contribution in [0.25, 0.3) is 0 Å². The van der Waals surface area contributed by atoms with Gasteiger partial charge in [0.15, 0.2) is 0 Å². The first kappa shape index (κ1) is 6.74. The van der Waals surface area contributed by atoms with E-state index in [0.29, 0.717) is 13.0 Å². The van der Waals surface area contributed by atoms with Crippen LogP contribution in [0.5, 0.6) is 0 Å². The number of methoxy groups -OCH3 is 1. The predicted molar refractivity (Wildman–Crippen MR) is 31.6 cm³/mol. The van der Waals surface area contributed by atoms with Crippen LogP contribution >= 0.6 is 0 Å². The summed E-state index contributed by atoms with van der Waals surface area (Å²) in [4.78, 5) is 9.44. The highest BCUT2D eigenvalue weighted by Gasteiger charge is 2.33. The summed E-state index contributed by atoms with van der Waals surface area (Å²) in [6.45, 7) is 4.12. The summed E-state index contributed by atoms with van der Waals surface area (Å²) in [5.41, 5.74) is 0. The summed E-state index contributed by atoms with van der Waals surface area (Å²) >= 11 is 0. The van der Waals surface area contributed by atoms with E-state index in [0.717, 1.165) is 0 Å². The molecule has 9 heavy (non-hydrogen) atoms. The molecule has 3 heteroatoms. The zero-order valence-electron chi connectivity index (χ0n) is 5.42. The van der Waals surface area contributed by atoms with Crippen molar-refractivity contribution in [2.24, 2.45) is 0 Å². The van der Waals surface area contributed by atoms with Gasteiger partial charge in [-0.1, -0.05) is 6.58 Å². The van der Waals surface area contributed by atoms with Crippen molar-refractivity contribution in [3.63, 3.8) is 0 Å². The van der Waals surface area contributed by atoms with Gasteiger partial charge in [-0.25, -0.2) is 4.89 Å². The molecule has 1 fully saturated rings. The lowest BCUT2D eigenvalue weighted by Gasteiger charge is -2.17. The van der Waals surface area contributed by atoms with Gasteiger partial charge in [-0.3, -0.25) is 0 Å². The Labute approximate surface area is 54.1 Å². The van der Waals surface area contributed by atoms with E-state index in [1.54, 1.807) is 13.2 Å². The van der Waals surface area contributed by atoms with Gasteiger partial charge in [0.2, 0.25) is 5.79 Å². The predicted octanol–water partition coefficient (Wildman–Crippen LogP) is 0.867. The second-order valence-electron chi connectivity index (χ2n) is 1.88. The van der Waals surface area contributed by atoms with Gasteiger partial charge in [0, 0.05) is 13.5 Å². The molecule has 52 valence electrons. The van der Waals surface area contributed by atoms with E-state index >= 15 is 0 Å². The molecule has 1 aliphatic rings. The van der Waals surface area contributed by atoms with Crippen molar-refractivity contribution in [1.29, 1.82) is 0 Å². The van der Waals surface area contributed by atoms with Crippen LogP contribution in [0.3, 0.4) is 0 Å². The van der Waals surface area contributed by atoms with E-state index in [9.17, 15) is 0 Å². The van der Waals surface area contributed by atoms with Gasteiger partial charge in [-0.05, 0) is 6.08 Å². The minimum atomic E-state index is -0.681. The van der Waals surface area contributed by atoms with Crippen molar-refractivity contribution in [2.75, 3.05) is 13.7 Å². The lowest BCUT2D eigenvalue weighted by atomic mass is 10.2. The van der Waals surface area contributed by atoms with Crippen molar-refractivity contribution in [3.05, 3.63) is 12.7 Å².